The molecule has 0 aliphatic carbocycles. The molecule has 4 rings (SSSR count). The predicted octanol–water partition coefficient (Wildman–Crippen LogP) is 5.13. The first kappa shape index (κ1) is 20.5. The highest BCUT2D eigenvalue weighted by molar-refractivity contribution is 6.10. The highest BCUT2D eigenvalue weighted by atomic mass is 19.4. The fraction of sp³-hybridized carbons (Fsp3) is 0.130. The van der Waals surface area contributed by atoms with E-state index >= 15 is 0 Å². The second-order valence-electron chi connectivity index (χ2n) is 7.00. The first-order valence-corrected chi connectivity index (χ1v) is 9.35. The Kier molecular flexibility index (Phi) is 5.14. The fourth-order valence-corrected chi connectivity index (χ4v) is 3.53. The van der Waals surface area contributed by atoms with Crippen molar-refractivity contribution < 1.29 is 27.5 Å². The van der Waals surface area contributed by atoms with Crippen molar-refractivity contribution in [2.24, 2.45) is 0 Å². The van der Waals surface area contributed by atoms with Gasteiger partial charge in [-0.15, -0.1) is 0 Å². The molecule has 0 saturated heterocycles. The Morgan fingerprint density at radius 3 is 2.58 bits per heavy atom. The number of anilines is 2. The average molecular weight is 426 g/mol. The van der Waals surface area contributed by atoms with Gasteiger partial charge in [0.05, 0.1) is 19.1 Å². The van der Waals surface area contributed by atoms with Crippen LogP contribution in [-0.2, 0) is 17.4 Å². The topological polar surface area (TPSA) is 67.4 Å². The van der Waals surface area contributed by atoms with Crippen LogP contribution in [0.5, 0.6) is 5.75 Å². The molecule has 1 aliphatic heterocycles. The number of halogens is 3. The van der Waals surface area contributed by atoms with E-state index in [1.807, 2.05) is 0 Å². The van der Waals surface area contributed by atoms with Gasteiger partial charge >= 0.3 is 6.18 Å². The van der Waals surface area contributed by atoms with Gasteiger partial charge in [0.2, 0.25) is 5.91 Å². The normalized spacial score (nSPS) is 12.8. The third-order valence-electron chi connectivity index (χ3n) is 4.99. The smallest absolute Gasteiger partial charge is 0.416 e. The van der Waals surface area contributed by atoms with Crippen molar-refractivity contribution in [1.82, 2.24) is 0 Å². The van der Waals surface area contributed by atoms with E-state index in [0.29, 0.717) is 39.4 Å². The minimum absolute atomic E-state index is 0.108. The summed E-state index contributed by atoms with van der Waals surface area (Å²) in [6.45, 7) is 0. The SMILES string of the molecule is COc1ccc(NC(=O)c2cccc3c2CC(=O)N3)cc1-c1cccc(C(F)(F)F)c1. The lowest BCUT2D eigenvalue weighted by Gasteiger charge is -2.14. The molecule has 0 saturated carbocycles. The molecule has 8 heteroatoms. The standard InChI is InChI=1S/C23H17F3N2O3/c1-31-20-9-8-15(11-17(20)13-4-2-5-14(10-13)23(24,25)26)27-22(30)16-6-3-7-19-18(16)12-21(29)28-19/h2-11H,12H2,1H3,(H,27,30)(H,28,29). The Morgan fingerprint density at radius 1 is 1.06 bits per heavy atom. The van der Waals surface area contributed by atoms with Crippen molar-refractivity contribution >= 4 is 23.2 Å². The molecule has 3 aromatic carbocycles. The Bertz CT molecular complexity index is 1190. The van der Waals surface area contributed by atoms with Gasteiger partial charge in [-0.3, -0.25) is 9.59 Å². The van der Waals surface area contributed by atoms with Gasteiger partial charge in [-0.25, -0.2) is 0 Å². The monoisotopic (exact) mass is 426 g/mol. The minimum Gasteiger partial charge on any atom is -0.496 e. The van der Waals surface area contributed by atoms with Crippen LogP contribution in [0.15, 0.2) is 60.7 Å². The van der Waals surface area contributed by atoms with E-state index in [2.05, 4.69) is 10.6 Å². The minimum atomic E-state index is -4.48. The summed E-state index contributed by atoms with van der Waals surface area (Å²) in [5, 5.41) is 5.45. The van der Waals surface area contributed by atoms with Gasteiger partial charge in [0.25, 0.3) is 5.91 Å². The van der Waals surface area contributed by atoms with Crippen LogP contribution in [0.2, 0.25) is 0 Å². The van der Waals surface area contributed by atoms with Crippen molar-refractivity contribution in [2.45, 2.75) is 12.6 Å². The number of methoxy groups -OCH3 is 1. The Hall–Kier alpha value is -3.81. The molecule has 0 bridgehead atoms. The Balaban J connectivity index is 1.67. The fourth-order valence-electron chi connectivity index (χ4n) is 3.53. The Morgan fingerprint density at radius 2 is 1.84 bits per heavy atom. The second-order valence-corrected chi connectivity index (χ2v) is 7.00. The molecule has 0 spiro atoms. The molecule has 2 N–H and O–H groups in total. The van der Waals surface area contributed by atoms with E-state index in [9.17, 15) is 22.8 Å². The molecule has 0 atom stereocenters. The largest absolute Gasteiger partial charge is 0.496 e. The summed E-state index contributed by atoms with van der Waals surface area (Å²) in [4.78, 5) is 24.5. The summed E-state index contributed by atoms with van der Waals surface area (Å²) in [6, 6.07) is 14.6. The molecule has 1 heterocycles. The molecule has 31 heavy (non-hydrogen) atoms. The molecule has 0 radical (unpaired) electrons. The summed E-state index contributed by atoms with van der Waals surface area (Å²) in [5.41, 5.74) is 1.87. The van der Waals surface area contributed by atoms with Crippen molar-refractivity contribution in [1.29, 1.82) is 0 Å². The molecule has 1 aliphatic rings. The van der Waals surface area contributed by atoms with Crippen LogP contribution < -0.4 is 15.4 Å². The number of hydrogen-bond acceptors (Lipinski definition) is 3. The summed E-state index contributed by atoms with van der Waals surface area (Å²) >= 11 is 0. The van der Waals surface area contributed by atoms with E-state index in [1.54, 1.807) is 42.5 Å². The van der Waals surface area contributed by atoms with E-state index in [-0.39, 0.29) is 12.3 Å². The lowest BCUT2D eigenvalue weighted by Crippen LogP contribution is -2.14. The number of nitrogens with one attached hydrogen (secondary N) is 2. The van der Waals surface area contributed by atoms with Crippen LogP contribution in [-0.4, -0.2) is 18.9 Å². The Labute approximate surface area is 175 Å². The third-order valence-corrected chi connectivity index (χ3v) is 4.99. The van der Waals surface area contributed by atoms with Gasteiger partial charge < -0.3 is 15.4 Å². The molecular formula is C23H17F3N2O3. The highest BCUT2D eigenvalue weighted by Crippen LogP contribution is 2.37. The van der Waals surface area contributed by atoms with Crippen LogP contribution in [0, 0.1) is 0 Å². The zero-order valence-corrected chi connectivity index (χ0v) is 16.3. The van der Waals surface area contributed by atoms with Crippen molar-refractivity contribution in [3.63, 3.8) is 0 Å². The molecule has 0 aromatic heterocycles. The van der Waals surface area contributed by atoms with E-state index in [1.165, 1.54) is 13.2 Å². The van der Waals surface area contributed by atoms with Gasteiger partial charge in [-0.1, -0.05) is 18.2 Å². The molecule has 2 amide bonds. The van der Waals surface area contributed by atoms with Crippen LogP contribution in [0.4, 0.5) is 24.5 Å². The van der Waals surface area contributed by atoms with Crippen LogP contribution in [0.1, 0.15) is 21.5 Å². The number of fused-ring (bicyclic) bond motifs is 1. The number of carbonyl (C=O) groups excluding carboxylic acids is 2. The predicted molar refractivity (Wildman–Crippen MR) is 110 cm³/mol. The van der Waals surface area contributed by atoms with Crippen molar-refractivity contribution in [3.8, 4) is 16.9 Å². The number of rotatable bonds is 4. The summed E-state index contributed by atoms with van der Waals surface area (Å²) in [6.07, 6.45) is -4.37. The van der Waals surface area contributed by atoms with Gasteiger partial charge in [0, 0.05) is 22.5 Å². The van der Waals surface area contributed by atoms with E-state index < -0.39 is 17.6 Å². The van der Waals surface area contributed by atoms with Crippen LogP contribution in [0.3, 0.4) is 0 Å². The zero-order valence-electron chi connectivity index (χ0n) is 16.3. The van der Waals surface area contributed by atoms with Gasteiger partial charge in [0.15, 0.2) is 0 Å². The lowest BCUT2D eigenvalue weighted by atomic mass is 10.0. The number of ether oxygens (including phenoxy) is 1. The first-order valence-electron chi connectivity index (χ1n) is 9.35. The molecule has 5 nitrogen and oxygen atoms in total. The maximum atomic E-state index is 13.1. The number of alkyl halides is 3. The van der Waals surface area contributed by atoms with Crippen molar-refractivity contribution in [3.05, 3.63) is 77.4 Å². The number of hydrogen-bond donors (Lipinski definition) is 2. The van der Waals surface area contributed by atoms with E-state index in [0.717, 1.165) is 12.1 Å². The third kappa shape index (κ3) is 4.09. The van der Waals surface area contributed by atoms with Gasteiger partial charge in [0.1, 0.15) is 5.75 Å². The number of carbonyl (C=O) groups is 2. The van der Waals surface area contributed by atoms with Crippen LogP contribution >= 0.6 is 0 Å². The summed E-state index contributed by atoms with van der Waals surface area (Å²) < 4.78 is 44.7. The summed E-state index contributed by atoms with van der Waals surface area (Å²) in [7, 11) is 1.42. The maximum Gasteiger partial charge on any atom is 0.416 e. The molecule has 158 valence electrons. The second kappa shape index (κ2) is 7.79. The average Bonchev–Trinajstić information content (AvgIpc) is 3.13. The molecular weight excluding hydrogens is 409 g/mol. The maximum absolute atomic E-state index is 13.1. The lowest BCUT2D eigenvalue weighted by molar-refractivity contribution is -0.137. The number of amides is 2. The molecule has 0 fully saturated rings. The number of benzene rings is 3. The van der Waals surface area contributed by atoms with E-state index in [4.69, 9.17) is 4.74 Å². The quantitative estimate of drug-likeness (QED) is 0.608. The summed E-state index contributed by atoms with van der Waals surface area (Å²) in [5.74, 6) is -0.243. The van der Waals surface area contributed by atoms with Crippen molar-refractivity contribution in [2.75, 3.05) is 17.7 Å². The molecule has 0 unspecified atom stereocenters. The zero-order chi connectivity index (χ0) is 22.2. The molecule has 3 aromatic rings. The van der Waals surface area contributed by atoms with Gasteiger partial charge in [-0.05, 0) is 53.6 Å². The van der Waals surface area contributed by atoms with Gasteiger partial charge in [-0.2, -0.15) is 13.2 Å². The first-order chi connectivity index (χ1) is 14.8. The van der Waals surface area contributed by atoms with Crippen LogP contribution in [0.25, 0.3) is 11.1 Å². The highest BCUT2D eigenvalue weighted by Gasteiger charge is 2.30.